The lowest BCUT2D eigenvalue weighted by atomic mass is 9.97. The monoisotopic (exact) mass is 645 g/mol. The summed E-state index contributed by atoms with van der Waals surface area (Å²) in [7, 11) is 2.78. The van der Waals surface area contributed by atoms with Crippen molar-refractivity contribution in [2.75, 3.05) is 38.2 Å². The summed E-state index contributed by atoms with van der Waals surface area (Å²) in [5.41, 5.74) is -1.82. The number of carboxylic acid groups (broad SMARTS) is 2. The predicted molar refractivity (Wildman–Crippen MR) is 147 cm³/mol. The van der Waals surface area contributed by atoms with Gasteiger partial charge in [0.05, 0.1) is 6.10 Å². The average Bonchev–Trinajstić information content (AvgIpc) is 3.38. The van der Waals surface area contributed by atoms with Gasteiger partial charge in [0.2, 0.25) is 11.1 Å². The van der Waals surface area contributed by atoms with Gasteiger partial charge in [-0.1, -0.05) is 11.8 Å². The summed E-state index contributed by atoms with van der Waals surface area (Å²) in [6.07, 6.45) is -1.45. The third-order valence-corrected chi connectivity index (χ3v) is 8.94. The number of aliphatic hydroxyl groups excluding tert-OH is 1. The summed E-state index contributed by atoms with van der Waals surface area (Å²) in [5, 5.41) is 46.6. The van der Waals surface area contributed by atoms with Crippen LogP contribution in [0.1, 0.15) is 13.8 Å². The van der Waals surface area contributed by atoms with E-state index in [0.29, 0.717) is 10.7 Å². The Morgan fingerprint density at radius 3 is 2.51 bits per heavy atom. The van der Waals surface area contributed by atoms with Crippen LogP contribution in [0.3, 0.4) is 0 Å². The molecule has 6 N–H and O–H groups in total. The zero-order valence-electron chi connectivity index (χ0n) is 23.5. The number of likely N-dealkylation sites (N-methyl/N-ethyl adjacent to an activating group) is 1. The molecule has 1 aromatic heterocycles. The number of fused-ring (bicyclic) bond motifs is 1. The second kappa shape index (κ2) is 14.0. The van der Waals surface area contributed by atoms with Crippen LogP contribution in [0.5, 0.6) is 0 Å². The third-order valence-electron chi connectivity index (χ3n) is 6.47. The van der Waals surface area contributed by atoms with Crippen molar-refractivity contribution in [3.8, 4) is 0 Å². The van der Waals surface area contributed by atoms with E-state index < -0.39 is 58.9 Å². The molecule has 3 unspecified atom stereocenters. The molecule has 1 aromatic rings. The molecule has 0 saturated carbocycles. The number of aliphatic carboxylic acids is 2. The molecule has 3 rings (SSSR count). The first-order valence-electron chi connectivity index (χ1n) is 12.7. The lowest BCUT2D eigenvalue weighted by Crippen LogP contribution is -2.81. The highest BCUT2D eigenvalue weighted by Crippen LogP contribution is 2.47. The van der Waals surface area contributed by atoms with Gasteiger partial charge < -0.3 is 40.9 Å². The maximum absolute atomic E-state index is 13.4. The summed E-state index contributed by atoms with van der Waals surface area (Å²) < 4.78 is 6.83. The van der Waals surface area contributed by atoms with Crippen molar-refractivity contribution in [1.82, 2.24) is 46.0 Å². The minimum absolute atomic E-state index is 0.0780. The molecule has 2 aliphatic heterocycles. The summed E-state index contributed by atoms with van der Waals surface area (Å²) in [6.45, 7) is 2.56. The number of carboxylic acids is 2. The molecule has 43 heavy (non-hydrogen) atoms. The van der Waals surface area contributed by atoms with Crippen molar-refractivity contribution >= 4 is 59.2 Å². The number of tetrazole rings is 1. The van der Waals surface area contributed by atoms with Gasteiger partial charge in [0.1, 0.15) is 17.1 Å². The van der Waals surface area contributed by atoms with Crippen molar-refractivity contribution < 1.29 is 48.8 Å². The van der Waals surface area contributed by atoms with Crippen molar-refractivity contribution in [2.45, 2.75) is 42.2 Å². The van der Waals surface area contributed by atoms with Gasteiger partial charge in [0, 0.05) is 45.3 Å². The number of urea groups is 1. The van der Waals surface area contributed by atoms with E-state index in [1.165, 1.54) is 23.4 Å². The van der Waals surface area contributed by atoms with E-state index >= 15 is 0 Å². The minimum atomic E-state index is -1.99. The zero-order chi connectivity index (χ0) is 32.1. The molecule has 3 heterocycles. The largest absolute Gasteiger partial charge is 0.477 e. The fourth-order valence-electron chi connectivity index (χ4n) is 4.25. The molecular formula is C22H31N9O10S2. The number of carbonyl (C=O) groups is 6. The number of rotatable bonds is 13. The predicted octanol–water partition coefficient (Wildman–Crippen LogP) is -3.00. The number of aliphatic hydroxyl groups is 1. The molecular weight excluding hydrogens is 614 g/mol. The normalized spacial score (nSPS) is 20.8. The quantitative estimate of drug-likeness (QED) is 0.0540. The van der Waals surface area contributed by atoms with Crippen molar-refractivity contribution in [2.24, 2.45) is 7.05 Å². The number of β-lactam (4-membered cyclic amide) rings is 1. The van der Waals surface area contributed by atoms with E-state index in [9.17, 15) is 39.0 Å². The summed E-state index contributed by atoms with van der Waals surface area (Å²) in [6, 6.07) is -2.50. The number of carbonyl (C=O) groups excluding carboxylic acids is 4. The number of nitrogens with one attached hydrogen (secondary N) is 3. The first-order chi connectivity index (χ1) is 20.3. The second-order valence-electron chi connectivity index (χ2n) is 9.21. The Bertz CT molecular complexity index is 1320. The van der Waals surface area contributed by atoms with E-state index in [0.717, 1.165) is 28.7 Å². The topological polar surface area (TPSA) is 259 Å². The summed E-state index contributed by atoms with van der Waals surface area (Å²) in [4.78, 5) is 75.7. The van der Waals surface area contributed by atoms with Gasteiger partial charge in [-0.05, 0) is 29.8 Å². The molecule has 21 heteroatoms. The molecule has 1 saturated heterocycles. The Labute approximate surface area is 252 Å². The maximum Gasteiger partial charge on any atom is 0.394 e. The highest BCUT2D eigenvalue weighted by Gasteiger charge is 2.67. The number of methoxy groups -OCH3 is 1. The van der Waals surface area contributed by atoms with Gasteiger partial charge in [0.25, 0.3) is 11.6 Å². The maximum atomic E-state index is 13.4. The Balaban J connectivity index is 1.68. The van der Waals surface area contributed by atoms with E-state index in [1.54, 1.807) is 14.0 Å². The van der Waals surface area contributed by atoms with E-state index in [4.69, 9.17) is 9.84 Å². The van der Waals surface area contributed by atoms with Crippen LogP contribution in [0.15, 0.2) is 16.4 Å². The minimum Gasteiger partial charge on any atom is -0.477 e. The highest BCUT2D eigenvalue weighted by atomic mass is 32.2. The molecule has 5 amide bonds. The van der Waals surface area contributed by atoms with Gasteiger partial charge in [-0.2, -0.15) is 0 Å². The second-order valence-corrected chi connectivity index (χ2v) is 11.2. The van der Waals surface area contributed by atoms with Crippen LogP contribution in [0, 0.1) is 0 Å². The van der Waals surface area contributed by atoms with Crippen LogP contribution in [0.25, 0.3) is 0 Å². The smallest absolute Gasteiger partial charge is 0.394 e. The number of aryl methyl sites for hydroxylation is 1. The zero-order valence-corrected chi connectivity index (χ0v) is 25.1. The Morgan fingerprint density at radius 1 is 1.28 bits per heavy atom. The fraction of sp³-hybridized carbons (Fsp3) is 0.591. The number of thioether (sulfide) groups is 2. The van der Waals surface area contributed by atoms with Crippen molar-refractivity contribution in [3.63, 3.8) is 0 Å². The third kappa shape index (κ3) is 7.00. The van der Waals surface area contributed by atoms with Crippen LogP contribution >= 0.6 is 23.5 Å². The van der Waals surface area contributed by atoms with E-state index in [1.807, 2.05) is 0 Å². The standard InChI is InChI=1S/C22H31N9O10S2/c1-5-30(15(34)17(37)38)7-6-23-20(40)24-12(10(2)32)14(33)25-22(41-4)18(39)31-13(16(35)36)11(8-42-19(22)31)9-43-21-26-27-28-29(21)3/h10,12,19,32H,5-9H2,1-4H3,(H,25,33)(H,35,36)(H,37,38)(H2,23,24,40)/t10?,12?,19?,22-/m0/s1. The molecule has 0 spiro atoms. The van der Waals surface area contributed by atoms with Gasteiger partial charge in [0.15, 0.2) is 0 Å². The summed E-state index contributed by atoms with van der Waals surface area (Å²) in [5.74, 6) is -5.65. The van der Waals surface area contributed by atoms with Crippen molar-refractivity contribution in [1.29, 1.82) is 0 Å². The Kier molecular flexibility index (Phi) is 10.9. The average molecular weight is 646 g/mol. The van der Waals surface area contributed by atoms with Crippen LogP contribution in [0.2, 0.25) is 0 Å². The van der Waals surface area contributed by atoms with Crippen LogP contribution in [-0.2, 0) is 35.8 Å². The Morgan fingerprint density at radius 2 is 1.98 bits per heavy atom. The van der Waals surface area contributed by atoms with Gasteiger partial charge >= 0.3 is 23.9 Å². The number of nitrogens with zero attached hydrogens (tertiary/aromatic N) is 6. The molecule has 0 aromatic carbocycles. The number of amides is 5. The van der Waals surface area contributed by atoms with Crippen LogP contribution in [-0.4, -0.2) is 143 Å². The van der Waals surface area contributed by atoms with E-state index in [-0.39, 0.29) is 36.8 Å². The molecule has 0 radical (unpaired) electrons. The number of ether oxygens (including phenoxy) is 1. The van der Waals surface area contributed by atoms with Crippen LogP contribution < -0.4 is 16.0 Å². The van der Waals surface area contributed by atoms with E-state index in [2.05, 4.69) is 31.5 Å². The molecule has 236 valence electrons. The SMILES string of the molecule is CCN(CCNC(=O)NC(C(=O)N[C@]1(OC)C(=O)N2C(C(=O)O)=C(CSc3nnnn3C)CSC21)C(C)O)C(=O)C(=O)O. The fourth-order valence-corrected chi connectivity index (χ4v) is 6.68. The highest BCUT2D eigenvalue weighted by molar-refractivity contribution is 8.01. The van der Waals surface area contributed by atoms with Gasteiger partial charge in [-0.15, -0.1) is 16.9 Å². The Hall–Kier alpha value is -3.95. The molecule has 4 atom stereocenters. The number of hydrogen-bond donors (Lipinski definition) is 6. The molecule has 0 aliphatic carbocycles. The first-order valence-corrected chi connectivity index (χ1v) is 14.7. The molecule has 19 nitrogen and oxygen atoms in total. The molecule has 1 fully saturated rings. The van der Waals surface area contributed by atoms with Crippen LogP contribution in [0.4, 0.5) is 4.79 Å². The first kappa shape index (κ1) is 33.6. The van der Waals surface area contributed by atoms with Gasteiger partial charge in [-0.25, -0.2) is 19.1 Å². The lowest BCUT2D eigenvalue weighted by Gasteiger charge is -2.56. The molecule has 2 aliphatic rings. The van der Waals surface area contributed by atoms with Gasteiger partial charge in [-0.3, -0.25) is 19.3 Å². The lowest BCUT2D eigenvalue weighted by molar-refractivity contribution is -0.193. The number of hydrogen-bond acceptors (Lipinski definition) is 13. The number of aromatic nitrogens is 4. The van der Waals surface area contributed by atoms with Crippen molar-refractivity contribution in [3.05, 3.63) is 11.3 Å². The molecule has 0 bridgehead atoms. The summed E-state index contributed by atoms with van der Waals surface area (Å²) >= 11 is 2.34.